The van der Waals surface area contributed by atoms with Crippen molar-refractivity contribution in [2.45, 2.75) is 37.6 Å². The molecule has 0 fully saturated rings. The van der Waals surface area contributed by atoms with Crippen LogP contribution in [0.1, 0.15) is 32.3 Å². The standard InChI is InChI=1S/C14H18FNO3S/c1-3-12(4-2)16-20(18,19)13-8-7-11(6-5-9-17)14(15)10-13/h7-8,10,12,16-17H,3-4,9H2,1-2H3. The fourth-order valence-corrected chi connectivity index (χ4v) is 3.06. The summed E-state index contributed by atoms with van der Waals surface area (Å²) in [4.78, 5) is -0.128. The summed E-state index contributed by atoms with van der Waals surface area (Å²) in [5.74, 6) is 4.00. The molecule has 0 amide bonds. The zero-order valence-electron chi connectivity index (χ0n) is 11.5. The zero-order valence-corrected chi connectivity index (χ0v) is 12.3. The third-order valence-electron chi connectivity index (χ3n) is 2.86. The number of sulfonamides is 1. The fraction of sp³-hybridized carbons (Fsp3) is 0.429. The molecule has 0 aliphatic heterocycles. The van der Waals surface area contributed by atoms with Gasteiger partial charge in [-0.25, -0.2) is 17.5 Å². The van der Waals surface area contributed by atoms with Gasteiger partial charge in [-0.1, -0.05) is 25.7 Å². The van der Waals surface area contributed by atoms with Gasteiger partial charge in [-0.3, -0.25) is 0 Å². The average molecular weight is 299 g/mol. The molecule has 0 heterocycles. The Morgan fingerprint density at radius 2 is 2.00 bits per heavy atom. The van der Waals surface area contributed by atoms with Gasteiger partial charge in [0.15, 0.2) is 0 Å². The second kappa shape index (κ2) is 7.39. The summed E-state index contributed by atoms with van der Waals surface area (Å²) in [7, 11) is -3.73. The fourth-order valence-electron chi connectivity index (χ4n) is 1.64. The van der Waals surface area contributed by atoms with Crippen molar-refractivity contribution in [3.8, 4) is 11.8 Å². The van der Waals surface area contributed by atoms with Crippen molar-refractivity contribution in [2.24, 2.45) is 0 Å². The average Bonchev–Trinajstić information content (AvgIpc) is 2.43. The van der Waals surface area contributed by atoms with Crippen molar-refractivity contribution in [1.82, 2.24) is 4.72 Å². The van der Waals surface area contributed by atoms with Crippen LogP contribution >= 0.6 is 0 Å². The van der Waals surface area contributed by atoms with Crippen LogP contribution in [0.4, 0.5) is 4.39 Å². The molecule has 1 aromatic carbocycles. The van der Waals surface area contributed by atoms with Gasteiger partial charge in [0.2, 0.25) is 10.0 Å². The Morgan fingerprint density at radius 3 is 2.50 bits per heavy atom. The van der Waals surface area contributed by atoms with Crippen LogP contribution in [0, 0.1) is 17.7 Å². The van der Waals surface area contributed by atoms with Gasteiger partial charge in [0.05, 0.1) is 10.5 Å². The Bertz CT molecular complexity index is 613. The summed E-state index contributed by atoms with van der Waals surface area (Å²) in [6, 6.07) is 3.36. The molecule has 0 atom stereocenters. The maximum atomic E-state index is 13.7. The molecular formula is C14H18FNO3S. The number of hydrogen-bond donors (Lipinski definition) is 2. The summed E-state index contributed by atoms with van der Waals surface area (Å²) < 4.78 is 40.4. The second-order valence-corrected chi connectivity index (χ2v) is 5.95. The first-order valence-corrected chi connectivity index (χ1v) is 7.84. The predicted molar refractivity (Wildman–Crippen MR) is 75.1 cm³/mol. The van der Waals surface area contributed by atoms with Crippen molar-refractivity contribution < 1.29 is 17.9 Å². The topological polar surface area (TPSA) is 66.4 Å². The van der Waals surface area contributed by atoms with Crippen LogP contribution in [-0.2, 0) is 10.0 Å². The van der Waals surface area contributed by atoms with Crippen LogP contribution in [0.25, 0.3) is 0 Å². The lowest BCUT2D eigenvalue weighted by Gasteiger charge is -2.15. The lowest BCUT2D eigenvalue weighted by Crippen LogP contribution is -2.33. The van der Waals surface area contributed by atoms with Crippen molar-refractivity contribution >= 4 is 10.0 Å². The summed E-state index contributed by atoms with van der Waals surface area (Å²) in [6.45, 7) is 3.38. The van der Waals surface area contributed by atoms with E-state index < -0.39 is 15.8 Å². The third-order valence-corrected chi connectivity index (χ3v) is 4.38. The molecule has 0 saturated heterocycles. The van der Waals surface area contributed by atoms with Gasteiger partial charge in [0.1, 0.15) is 12.4 Å². The van der Waals surface area contributed by atoms with Crippen LogP contribution in [0.15, 0.2) is 23.1 Å². The summed E-state index contributed by atoms with van der Waals surface area (Å²) in [5, 5.41) is 8.55. The van der Waals surface area contributed by atoms with Crippen LogP contribution in [0.3, 0.4) is 0 Å². The maximum absolute atomic E-state index is 13.7. The van der Waals surface area contributed by atoms with Gasteiger partial charge < -0.3 is 5.11 Å². The third kappa shape index (κ3) is 4.30. The molecule has 4 nitrogen and oxygen atoms in total. The minimum Gasteiger partial charge on any atom is -0.384 e. The largest absolute Gasteiger partial charge is 0.384 e. The Labute approximate surface area is 119 Å². The first kappa shape index (κ1) is 16.6. The molecule has 0 unspecified atom stereocenters. The number of hydrogen-bond acceptors (Lipinski definition) is 3. The normalized spacial score (nSPS) is 11.2. The maximum Gasteiger partial charge on any atom is 0.240 e. The predicted octanol–water partition coefficient (Wildman–Crippen LogP) is 1.64. The smallest absolute Gasteiger partial charge is 0.240 e. The highest BCUT2D eigenvalue weighted by Crippen LogP contribution is 2.15. The van der Waals surface area contributed by atoms with Crippen LogP contribution in [0.5, 0.6) is 0 Å². The van der Waals surface area contributed by atoms with Gasteiger partial charge in [-0.05, 0) is 31.0 Å². The van der Waals surface area contributed by atoms with E-state index in [9.17, 15) is 12.8 Å². The number of benzene rings is 1. The monoisotopic (exact) mass is 299 g/mol. The van der Waals surface area contributed by atoms with E-state index >= 15 is 0 Å². The van der Waals surface area contributed by atoms with Gasteiger partial charge >= 0.3 is 0 Å². The van der Waals surface area contributed by atoms with Gasteiger partial charge in [-0.2, -0.15) is 0 Å². The molecule has 20 heavy (non-hydrogen) atoms. The van der Waals surface area contributed by atoms with E-state index in [1.165, 1.54) is 12.1 Å². The molecule has 1 rings (SSSR count). The lowest BCUT2D eigenvalue weighted by atomic mass is 10.2. The van der Waals surface area contributed by atoms with Crippen LogP contribution in [0.2, 0.25) is 0 Å². The highest BCUT2D eigenvalue weighted by molar-refractivity contribution is 7.89. The molecular weight excluding hydrogens is 281 g/mol. The number of rotatable bonds is 5. The molecule has 0 spiro atoms. The van der Waals surface area contributed by atoms with E-state index in [1.54, 1.807) is 0 Å². The quantitative estimate of drug-likeness (QED) is 0.812. The zero-order chi connectivity index (χ0) is 15.2. The van der Waals surface area contributed by atoms with E-state index in [0.717, 1.165) is 6.07 Å². The molecule has 0 saturated carbocycles. The molecule has 0 aliphatic carbocycles. The van der Waals surface area contributed by atoms with Gasteiger partial charge in [0, 0.05) is 6.04 Å². The highest BCUT2D eigenvalue weighted by Gasteiger charge is 2.19. The number of aliphatic hydroxyl groups excluding tert-OH is 1. The number of halogens is 1. The van der Waals surface area contributed by atoms with Crippen molar-refractivity contribution in [3.05, 3.63) is 29.6 Å². The Hall–Kier alpha value is -1.42. The van der Waals surface area contributed by atoms with Crippen molar-refractivity contribution in [2.75, 3.05) is 6.61 Å². The van der Waals surface area contributed by atoms with Gasteiger partial charge in [-0.15, -0.1) is 0 Å². The van der Waals surface area contributed by atoms with Gasteiger partial charge in [0.25, 0.3) is 0 Å². The summed E-state index contributed by atoms with van der Waals surface area (Å²) in [5.41, 5.74) is 0.0560. The first-order chi connectivity index (χ1) is 9.44. The Balaban J connectivity index is 3.05. The molecule has 6 heteroatoms. The van der Waals surface area contributed by atoms with Crippen LogP contribution in [-0.4, -0.2) is 26.2 Å². The molecule has 0 aliphatic rings. The lowest BCUT2D eigenvalue weighted by molar-refractivity contribution is 0.350. The Kier molecular flexibility index (Phi) is 6.14. The van der Waals surface area contributed by atoms with E-state index in [1.807, 2.05) is 13.8 Å². The molecule has 110 valence electrons. The van der Waals surface area contributed by atoms with E-state index in [-0.39, 0.29) is 23.1 Å². The van der Waals surface area contributed by atoms with Crippen LogP contribution < -0.4 is 4.72 Å². The Morgan fingerprint density at radius 1 is 1.35 bits per heavy atom. The number of aliphatic hydroxyl groups is 1. The molecule has 0 radical (unpaired) electrons. The summed E-state index contributed by atoms with van der Waals surface area (Å²) in [6.07, 6.45) is 1.33. The highest BCUT2D eigenvalue weighted by atomic mass is 32.2. The molecule has 2 N–H and O–H groups in total. The summed E-state index contributed by atoms with van der Waals surface area (Å²) >= 11 is 0. The number of nitrogens with one attached hydrogen (secondary N) is 1. The molecule has 0 aromatic heterocycles. The minimum atomic E-state index is -3.73. The van der Waals surface area contributed by atoms with Crippen molar-refractivity contribution in [1.29, 1.82) is 0 Å². The SMILES string of the molecule is CCC(CC)NS(=O)(=O)c1ccc(C#CCO)c(F)c1. The second-order valence-electron chi connectivity index (χ2n) is 4.24. The first-order valence-electron chi connectivity index (χ1n) is 6.36. The molecule has 0 bridgehead atoms. The molecule has 1 aromatic rings. The van der Waals surface area contributed by atoms with E-state index in [0.29, 0.717) is 12.8 Å². The van der Waals surface area contributed by atoms with E-state index in [2.05, 4.69) is 16.6 Å². The van der Waals surface area contributed by atoms with E-state index in [4.69, 9.17) is 5.11 Å². The minimum absolute atomic E-state index is 0.0560. The van der Waals surface area contributed by atoms with Crippen molar-refractivity contribution in [3.63, 3.8) is 0 Å².